The molecule has 2 heterocycles. The molecule has 0 unspecified atom stereocenters. The van der Waals surface area contributed by atoms with E-state index in [9.17, 15) is 0 Å². The van der Waals surface area contributed by atoms with Gasteiger partial charge in [0.2, 0.25) is 0 Å². The van der Waals surface area contributed by atoms with Gasteiger partial charge in [0.25, 0.3) is 0 Å². The van der Waals surface area contributed by atoms with Crippen molar-refractivity contribution in [2.24, 2.45) is 0 Å². The fraction of sp³-hybridized carbons (Fsp3) is 0. The standard InChI is InChI=1S/C41H26N2S/c1-2-9-30(10-3-1)43(32-21-24-34-29(26-32)18-23-36-33-11-5-4-8-27(33)17-22-37(34)36)31-19-15-28(16-20-31)35-12-6-13-38-40-39(44-41(35)38)14-7-25-42-40/h1-26H. The molecule has 0 fully saturated rings. The van der Waals surface area contributed by atoms with Crippen LogP contribution >= 0.6 is 11.3 Å². The molecular weight excluding hydrogens is 553 g/mol. The second kappa shape index (κ2) is 10.0. The summed E-state index contributed by atoms with van der Waals surface area (Å²) < 4.78 is 2.50. The smallest absolute Gasteiger partial charge is 0.0888 e. The van der Waals surface area contributed by atoms with E-state index >= 15 is 0 Å². The number of anilines is 3. The zero-order chi connectivity index (χ0) is 29.0. The first-order chi connectivity index (χ1) is 21.8. The fourth-order valence-electron chi connectivity index (χ4n) is 6.62. The molecule has 0 aliphatic heterocycles. The summed E-state index contributed by atoms with van der Waals surface area (Å²) in [5.74, 6) is 0. The number of fused-ring (bicyclic) bond motifs is 8. The van der Waals surface area contributed by atoms with E-state index in [-0.39, 0.29) is 0 Å². The van der Waals surface area contributed by atoms with Gasteiger partial charge in [-0.2, -0.15) is 0 Å². The molecule has 0 aliphatic carbocycles. The van der Waals surface area contributed by atoms with Gasteiger partial charge in [-0.25, -0.2) is 0 Å². The Bertz CT molecular complexity index is 2490. The molecule has 9 aromatic rings. The number of pyridine rings is 1. The van der Waals surface area contributed by atoms with Crippen LogP contribution < -0.4 is 4.90 Å². The quantitative estimate of drug-likeness (QED) is 0.193. The molecule has 0 atom stereocenters. The van der Waals surface area contributed by atoms with E-state index in [0.29, 0.717) is 0 Å². The molecule has 0 saturated carbocycles. The maximum Gasteiger partial charge on any atom is 0.0888 e. The first-order valence-corrected chi connectivity index (χ1v) is 15.7. The third kappa shape index (κ3) is 3.98. The highest BCUT2D eigenvalue weighted by molar-refractivity contribution is 7.26. The Morgan fingerprint density at radius 2 is 1.14 bits per heavy atom. The third-order valence-corrected chi connectivity index (χ3v) is 9.88. The van der Waals surface area contributed by atoms with Crippen LogP contribution in [0, 0.1) is 0 Å². The number of nitrogens with zero attached hydrogens (tertiary/aromatic N) is 2. The van der Waals surface area contributed by atoms with Gasteiger partial charge in [-0.1, -0.05) is 103 Å². The highest BCUT2D eigenvalue weighted by Crippen LogP contribution is 2.41. The Morgan fingerprint density at radius 3 is 2.00 bits per heavy atom. The van der Waals surface area contributed by atoms with Crippen molar-refractivity contribution >= 4 is 81.0 Å². The molecule has 0 N–H and O–H groups in total. The van der Waals surface area contributed by atoms with Gasteiger partial charge in [0, 0.05) is 33.3 Å². The van der Waals surface area contributed by atoms with Gasteiger partial charge in [-0.05, 0) is 92.0 Å². The fourth-order valence-corrected chi connectivity index (χ4v) is 7.81. The number of benzene rings is 7. The summed E-state index contributed by atoms with van der Waals surface area (Å²) in [5, 5.41) is 8.87. The maximum atomic E-state index is 4.66. The average molecular weight is 579 g/mol. The van der Waals surface area contributed by atoms with Gasteiger partial charge >= 0.3 is 0 Å². The zero-order valence-corrected chi connectivity index (χ0v) is 24.6. The second-order valence-electron chi connectivity index (χ2n) is 11.2. The first kappa shape index (κ1) is 25.0. The summed E-state index contributed by atoms with van der Waals surface area (Å²) in [7, 11) is 0. The molecule has 2 nitrogen and oxygen atoms in total. The third-order valence-electron chi connectivity index (χ3n) is 8.69. The number of aromatic nitrogens is 1. The van der Waals surface area contributed by atoms with Crippen molar-refractivity contribution in [1.29, 1.82) is 0 Å². The monoisotopic (exact) mass is 578 g/mol. The first-order valence-electron chi connectivity index (χ1n) is 14.9. The van der Waals surface area contributed by atoms with Crippen LogP contribution in [-0.4, -0.2) is 4.98 Å². The van der Waals surface area contributed by atoms with E-state index in [1.54, 1.807) is 0 Å². The zero-order valence-electron chi connectivity index (χ0n) is 23.8. The summed E-state index contributed by atoms with van der Waals surface area (Å²) in [6.07, 6.45) is 1.88. The number of para-hydroxylation sites is 1. The minimum Gasteiger partial charge on any atom is -0.310 e. The van der Waals surface area contributed by atoms with Crippen LogP contribution in [-0.2, 0) is 0 Å². The van der Waals surface area contributed by atoms with Crippen molar-refractivity contribution in [3.63, 3.8) is 0 Å². The average Bonchev–Trinajstić information content (AvgIpc) is 3.48. The van der Waals surface area contributed by atoms with Crippen LogP contribution in [0.25, 0.3) is 63.7 Å². The second-order valence-corrected chi connectivity index (χ2v) is 12.3. The molecule has 0 bridgehead atoms. The highest BCUT2D eigenvalue weighted by atomic mass is 32.1. The largest absolute Gasteiger partial charge is 0.310 e. The van der Waals surface area contributed by atoms with E-state index in [0.717, 1.165) is 22.6 Å². The Kier molecular flexibility index (Phi) is 5.71. The minimum absolute atomic E-state index is 1.08. The van der Waals surface area contributed by atoms with Crippen LogP contribution in [0.1, 0.15) is 0 Å². The van der Waals surface area contributed by atoms with Crippen molar-refractivity contribution in [3.8, 4) is 11.1 Å². The van der Waals surface area contributed by atoms with Gasteiger partial charge in [0.15, 0.2) is 0 Å². The number of hydrogen-bond acceptors (Lipinski definition) is 3. The number of hydrogen-bond donors (Lipinski definition) is 0. The van der Waals surface area contributed by atoms with Crippen molar-refractivity contribution in [2.45, 2.75) is 0 Å². The van der Waals surface area contributed by atoms with Crippen LogP contribution in [0.4, 0.5) is 17.1 Å². The van der Waals surface area contributed by atoms with Gasteiger partial charge in [-0.3, -0.25) is 4.98 Å². The van der Waals surface area contributed by atoms with Gasteiger partial charge in [0.1, 0.15) is 0 Å². The van der Waals surface area contributed by atoms with Crippen molar-refractivity contribution < 1.29 is 0 Å². The van der Waals surface area contributed by atoms with Crippen molar-refractivity contribution in [1.82, 2.24) is 4.98 Å². The Balaban J connectivity index is 1.16. The SMILES string of the molecule is c1ccc(N(c2ccc(-c3cccc4c3sc3cccnc34)cc2)c2ccc3c(ccc4c5ccccc5ccc34)c2)cc1. The Hall–Kier alpha value is -5.51. The highest BCUT2D eigenvalue weighted by Gasteiger charge is 2.16. The van der Waals surface area contributed by atoms with Crippen molar-refractivity contribution in [3.05, 3.63) is 158 Å². The molecule has 0 radical (unpaired) electrons. The molecule has 7 aromatic carbocycles. The van der Waals surface area contributed by atoms with Gasteiger partial charge < -0.3 is 4.90 Å². The summed E-state index contributed by atoms with van der Waals surface area (Å²) in [5.41, 5.74) is 6.91. The lowest BCUT2D eigenvalue weighted by Crippen LogP contribution is -2.09. The molecule has 2 aromatic heterocycles. The van der Waals surface area contributed by atoms with Crippen LogP contribution in [0.5, 0.6) is 0 Å². The molecule has 206 valence electrons. The lowest BCUT2D eigenvalue weighted by Gasteiger charge is -2.26. The predicted octanol–water partition coefficient (Wildman–Crippen LogP) is 12.0. The van der Waals surface area contributed by atoms with E-state index in [2.05, 4.69) is 155 Å². The summed E-state index contributed by atoms with van der Waals surface area (Å²) in [4.78, 5) is 7.01. The molecule has 3 heteroatoms. The summed E-state index contributed by atoms with van der Waals surface area (Å²) in [6.45, 7) is 0. The molecule has 0 saturated heterocycles. The molecule has 0 spiro atoms. The maximum absolute atomic E-state index is 4.66. The lowest BCUT2D eigenvalue weighted by molar-refractivity contribution is 1.29. The van der Waals surface area contributed by atoms with Gasteiger partial charge in [-0.15, -0.1) is 11.3 Å². The van der Waals surface area contributed by atoms with E-state index in [4.69, 9.17) is 0 Å². The summed E-state index contributed by atoms with van der Waals surface area (Å²) in [6, 6.07) is 54.8. The normalized spacial score (nSPS) is 11.6. The van der Waals surface area contributed by atoms with Gasteiger partial charge in [0.05, 0.1) is 10.2 Å². The molecule has 0 amide bonds. The van der Waals surface area contributed by atoms with Crippen LogP contribution in [0.15, 0.2) is 158 Å². The number of thiophene rings is 1. The topological polar surface area (TPSA) is 16.1 Å². The molecule has 44 heavy (non-hydrogen) atoms. The van der Waals surface area contributed by atoms with Crippen molar-refractivity contribution in [2.75, 3.05) is 4.90 Å². The van der Waals surface area contributed by atoms with E-state index in [1.165, 1.54) is 58.2 Å². The summed E-state index contributed by atoms with van der Waals surface area (Å²) >= 11 is 1.82. The lowest BCUT2D eigenvalue weighted by atomic mass is 9.96. The molecule has 9 rings (SSSR count). The molecular formula is C41H26N2S. The van der Waals surface area contributed by atoms with Crippen LogP contribution in [0.2, 0.25) is 0 Å². The molecule has 0 aliphatic rings. The van der Waals surface area contributed by atoms with Crippen LogP contribution in [0.3, 0.4) is 0 Å². The number of rotatable bonds is 4. The predicted molar refractivity (Wildman–Crippen MR) is 190 cm³/mol. The minimum atomic E-state index is 1.08. The Labute approximate surface area is 259 Å². The van der Waals surface area contributed by atoms with E-state index in [1.807, 2.05) is 23.6 Å². The van der Waals surface area contributed by atoms with E-state index < -0.39 is 0 Å². The Morgan fingerprint density at radius 1 is 0.455 bits per heavy atom.